The first kappa shape index (κ1) is 15.4. The monoisotopic (exact) mass is 338 g/mol. The van der Waals surface area contributed by atoms with E-state index in [2.05, 4.69) is 14.5 Å². The highest BCUT2D eigenvalue weighted by atomic mass is 16.5. The number of hydrogen-bond acceptors (Lipinski definition) is 5. The molecular weight excluding hydrogens is 320 g/mol. The summed E-state index contributed by atoms with van der Waals surface area (Å²) < 4.78 is 12.6. The minimum atomic E-state index is -0.176. The van der Waals surface area contributed by atoms with Crippen LogP contribution in [0.5, 0.6) is 5.75 Å². The Hall–Kier alpha value is -3.09. The van der Waals surface area contributed by atoms with Crippen molar-refractivity contribution in [3.05, 3.63) is 65.9 Å². The molecular formula is C18H18N4O3. The summed E-state index contributed by atoms with van der Waals surface area (Å²) in [5, 5.41) is 0. The topological polar surface area (TPSA) is 73.4 Å². The average molecular weight is 338 g/mol. The van der Waals surface area contributed by atoms with Gasteiger partial charge in [-0.25, -0.2) is 9.97 Å². The van der Waals surface area contributed by atoms with Crippen molar-refractivity contribution in [3.8, 4) is 5.75 Å². The third kappa shape index (κ3) is 2.67. The van der Waals surface area contributed by atoms with E-state index in [1.54, 1.807) is 25.1 Å². The Morgan fingerprint density at radius 1 is 1.28 bits per heavy atom. The molecule has 1 unspecified atom stereocenters. The molecule has 1 amide bonds. The number of methoxy groups -OCH3 is 1. The van der Waals surface area contributed by atoms with Gasteiger partial charge in [0, 0.05) is 18.9 Å². The molecule has 25 heavy (non-hydrogen) atoms. The zero-order valence-electron chi connectivity index (χ0n) is 14.0. The second kappa shape index (κ2) is 6.08. The van der Waals surface area contributed by atoms with Gasteiger partial charge in [-0.2, -0.15) is 0 Å². The molecule has 0 saturated carbocycles. The summed E-state index contributed by atoms with van der Waals surface area (Å²) in [5.74, 6) is 1.74. The molecule has 1 aromatic carbocycles. The molecule has 7 nitrogen and oxygen atoms in total. The van der Waals surface area contributed by atoms with Gasteiger partial charge in [-0.3, -0.25) is 4.79 Å². The van der Waals surface area contributed by atoms with Gasteiger partial charge in [0.15, 0.2) is 6.39 Å². The molecule has 0 bridgehead atoms. The fourth-order valence-electron chi connectivity index (χ4n) is 3.17. The second-order valence-corrected chi connectivity index (χ2v) is 5.98. The first-order valence-electron chi connectivity index (χ1n) is 8.02. The maximum Gasteiger partial charge on any atom is 0.292 e. The van der Waals surface area contributed by atoms with Crippen LogP contribution in [0.15, 0.2) is 47.5 Å². The van der Waals surface area contributed by atoms with Gasteiger partial charge < -0.3 is 18.6 Å². The Bertz CT molecular complexity index is 897. The van der Waals surface area contributed by atoms with Crippen LogP contribution < -0.4 is 4.74 Å². The standard InChI is InChI=1S/C18H18N4O3/c1-12-17(25-11-20-12)18(23)22-10-16-19-7-8-21(16)9-15(22)13-3-5-14(24-2)6-4-13/h3-8,11,15H,9-10H2,1-2H3. The number of fused-ring (bicyclic) bond motifs is 1. The minimum Gasteiger partial charge on any atom is -0.497 e. The predicted octanol–water partition coefficient (Wildman–Crippen LogP) is 2.59. The summed E-state index contributed by atoms with van der Waals surface area (Å²) in [6.45, 7) is 2.83. The van der Waals surface area contributed by atoms with Crippen LogP contribution in [0.2, 0.25) is 0 Å². The predicted molar refractivity (Wildman–Crippen MR) is 89.1 cm³/mol. The molecule has 4 rings (SSSR count). The largest absolute Gasteiger partial charge is 0.497 e. The fraction of sp³-hybridized carbons (Fsp3) is 0.278. The van der Waals surface area contributed by atoms with E-state index in [9.17, 15) is 4.79 Å². The van der Waals surface area contributed by atoms with E-state index in [1.807, 2.05) is 30.5 Å². The van der Waals surface area contributed by atoms with Crippen LogP contribution in [0.25, 0.3) is 0 Å². The number of oxazole rings is 1. The molecule has 0 saturated heterocycles. The lowest BCUT2D eigenvalue weighted by molar-refractivity contribution is 0.0550. The van der Waals surface area contributed by atoms with Crippen LogP contribution in [0.3, 0.4) is 0 Å². The molecule has 0 spiro atoms. The summed E-state index contributed by atoms with van der Waals surface area (Å²) >= 11 is 0. The first-order chi connectivity index (χ1) is 12.2. The molecule has 3 aromatic rings. The molecule has 0 N–H and O–H groups in total. The van der Waals surface area contributed by atoms with Crippen molar-refractivity contribution in [2.75, 3.05) is 7.11 Å². The van der Waals surface area contributed by atoms with E-state index in [1.165, 1.54) is 6.39 Å². The van der Waals surface area contributed by atoms with Gasteiger partial charge in [0.25, 0.3) is 5.91 Å². The van der Waals surface area contributed by atoms with Gasteiger partial charge in [-0.05, 0) is 24.6 Å². The molecule has 0 radical (unpaired) electrons. The van der Waals surface area contributed by atoms with E-state index < -0.39 is 0 Å². The number of nitrogens with zero attached hydrogens (tertiary/aromatic N) is 4. The van der Waals surface area contributed by atoms with Crippen LogP contribution in [-0.4, -0.2) is 32.5 Å². The third-order valence-electron chi connectivity index (χ3n) is 4.56. The van der Waals surface area contributed by atoms with E-state index >= 15 is 0 Å². The SMILES string of the molecule is COc1ccc(C2Cn3ccnc3CN2C(=O)c2ocnc2C)cc1. The van der Waals surface area contributed by atoms with Gasteiger partial charge in [-0.15, -0.1) is 0 Å². The summed E-state index contributed by atoms with van der Waals surface area (Å²) in [4.78, 5) is 23.2. The first-order valence-corrected chi connectivity index (χ1v) is 8.02. The van der Waals surface area contributed by atoms with Crippen molar-refractivity contribution in [2.45, 2.75) is 26.1 Å². The van der Waals surface area contributed by atoms with Gasteiger partial charge in [-0.1, -0.05) is 12.1 Å². The average Bonchev–Trinajstić information content (AvgIpc) is 3.28. The molecule has 128 valence electrons. The maximum absolute atomic E-state index is 13.1. The lowest BCUT2D eigenvalue weighted by atomic mass is 10.0. The van der Waals surface area contributed by atoms with Gasteiger partial charge >= 0.3 is 0 Å². The highest BCUT2D eigenvalue weighted by Gasteiger charge is 2.34. The molecule has 0 aliphatic carbocycles. The number of carbonyl (C=O) groups is 1. The molecule has 7 heteroatoms. The molecule has 3 heterocycles. The van der Waals surface area contributed by atoms with E-state index in [0.717, 1.165) is 17.1 Å². The van der Waals surface area contributed by atoms with Crippen LogP contribution in [0.1, 0.15) is 33.7 Å². The molecule has 1 aliphatic heterocycles. The number of aromatic nitrogens is 3. The van der Waals surface area contributed by atoms with Gasteiger partial charge in [0.1, 0.15) is 11.6 Å². The normalized spacial score (nSPS) is 16.6. The lowest BCUT2D eigenvalue weighted by Crippen LogP contribution is -2.41. The fourth-order valence-corrected chi connectivity index (χ4v) is 3.17. The van der Waals surface area contributed by atoms with Crippen LogP contribution in [0.4, 0.5) is 0 Å². The number of benzene rings is 1. The summed E-state index contributed by atoms with van der Waals surface area (Å²) in [6.07, 6.45) is 5.00. The van der Waals surface area contributed by atoms with Crippen molar-refractivity contribution in [1.29, 1.82) is 0 Å². The van der Waals surface area contributed by atoms with Crippen LogP contribution in [-0.2, 0) is 13.1 Å². The number of ether oxygens (including phenoxy) is 1. The number of hydrogen-bond donors (Lipinski definition) is 0. The Kier molecular flexibility index (Phi) is 3.76. The van der Waals surface area contributed by atoms with Gasteiger partial charge in [0.05, 0.1) is 25.4 Å². The maximum atomic E-state index is 13.1. The lowest BCUT2D eigenvalue weighted by Gasteiger charge is -2.36. The van der Waals surface area contributed by atoms with Crippen molar-refractivity contribution >= 4 is 5.91 Å². The Labute approximate surface area is 144 Å². The highest BCUT2D eigenvalue weighted by molar-refractivity contribution is 5.92. The smallest absolute Gasteiger partial charge is 0.292 e. The summed E-state index contributed by atoms with van der Waals surface area (Å²) in [7, 11) is 1.63. The third-order valence-corrected chi connectivity index (χ3v) is 4.56. The zero-order valence-corrected chi connectivity index (χ0v) is 14.0. The number of carbonyl (C=O) groups excluding carboxylic acids is 1. The van der Waals surface area contributed by atoms with Crippen molar-refractivity contribution in [1.82, 2.24) is 19.4 Å². The molecule has 1 atom stereocenters. The Morgan fingerprint density at radius 3 is 2.76 bits per heavy atom. The van der Waals surface area contributed by atoms with E-state index in [4.69, 9.17) is 9.15 Å². The second-order valence-electron chi connectivity index (χ2n) is 5.98. The Balaban J connectivity index is 1.73. The molecule has 2 aromatic heterocycles. The summed E-state index contributed by atoms with van der Waals surface area (Å²) in [6, 6.07) is 7.66. The summed E-state index contributed by atoms with van der Waals surface area (Å²) in [5.41, 5.74) is 1.62. The zero-order chi connectivity index (χ0) is 17.4. The number of amides is 1. The van der Waals surface area contributed by atoms with Crippen LogP contribution in [0, 0.1) is 6.92 Å². The highest BCUT2D eigenvalue weighted by Crippen LogP contribution is 2.31. The van der Waals surface area contributed by atoms with E-state index in [0.29, 0.717) is 18.8 Å². The quantitative estimate of drug-likeness (QED) is 0.734. The number of imidazole rings is 1. The van der Waals surface area contributed by atoms with Gasteiger partial charge in [0.2, 0.25) is 5.76 Å². The minimum absolute atomic E-state index is 0.121. The molecule has 0 fully saturated rings. The number of aryl methyl sites for hydroxylation is 1. The van der Waals surface area contributed by atoms with Crippen molar-refractivity contribution in [3.63, 3.8) is 0 Å². The molecule has 1 aliphatic rings. The van der Waals surface area contributed by atoms with Crippen molar-refractivity contribution in [2.24, 2.45) is 0 Å². The number of rotatable bonds is 3. The van der Waals surface area contributed by atoms with E-state index in [-0.39, 0.29) is 17.7 Å². The van der Waals surface area contributed by atoms with Crippen LogP contribution >= 0.6 is 0 Å². The Morgan fingerprint density at radius 2 is 2.08 bits per heavy atom. The van der Waals surface area contributed by atoms with Crippen molar-refractivity contribution < 1.29 is 13.9 Å².